The van der Waals surface area contributed by atoms with E-state index < -0.39 is 5.60 Å². The van der Waals surface area contributed by atoms with Gasteiger partial charge in [0.25, 0.3) is 0 Å². The SMILES string of the molecule is CC(C)(C)OC(=O)N1CC(n2nc(I)c3cccnc32)C1. The van der Waals surface area contributed by atoms with Crippen LogP contribution in [0.1, 0.15) is 26.8 Å². The van der Waals surface area contributed by atoms with Crippen molar-refractivity contribution in [1.82, 2.24) is 19.7 Å². The largest absolute Gasteiger partial charge is 0.444 e. The Morgan fingerprint density at radius 2 is 2.14 bits per heavy atom. The molecule has 0 spiro atoms. The van der Waals surface area contributed by atoms with Crippen molar-refractivity contribution in [2.45, 2.75) is 32.4 Å². The summed E-state index contributed by atoms with van der Waals surface area (Å²) < 4.78 is 8.21. The second-order valence-electron chi connectivity index (χ2n) is 6.15. The minimum Gasteiger partial charge on any atom is -0.444 e. The van der Waals surface area contributed by atoms with Gasteiger partial charge in [0.2, 0.25) is 0 Å². The minimum absolute atomic E-state index is 0.165. The number of halogens is 1. The molecule has 0 N–H and O–H groups in total. The van der Waals surface area contributed by atoms with Gasteiger partial charge in [0.1, 0.15) is 9.30 Å². The number of likely N-dealkylation sites (tertiary alicyclic amines) is 1. The number of hydrogen-bond donors (Lipinski definition) is 0. The van der Waals surface area contributed by atoms with Gasteiger partial charge in [0.15, 0.2) is 5.65 Å². The van der Waals surface area contributed by atoms with E-state index in [4.69, 9.17) is 4.74 Å². The van der Waals surface area contributed by atoms with Crippen molar-refractivity contribution < 1.29 is 9.53 Å². The third kappa shape index (κ3) is 2.83. The molecule has 0 radical (unpaired) electrons. The molecule has 112 valence electrons. The molecule has 6 nitrogen and oxygen atoms in total. The molecule has 0 aromatic carbocycles. The van der Waals surface area contributed by atoms with Crippen molar-refractivity contribution in [3.8, 4) is 0 Å². The number of nitrogens with zero attached hydrogens (tertiary/aromatic N) is 4. The lowest BCUT2D eigenvalue weighted by Gasteiger charge is -2.39. The molecule has 1 saturated heterocycles. The molecule has 1 aliphatic rings. The van der Waals surface area contributed by atoms with E-state index in [1.165, 1.54) is 0 Å². The molecule has 1 aliphatic heterocycles. The molecule has 7 heteroatoms. The molecule has 0 atom stereocenters. The van der Waals surface area contributed by atoms with Crippen LogP contribution in [0.15, 0.2) is 18.3 Å². The van der Waals surface area contributed by atoms with Crippen LogP contribution in [0.5, 0.6) is 0 Å². The normalized spacial score (nSPS) is 16.1. The van der Waals surface area contributed by atoms with Crippen LogP contribution in [0.3, 0.4) is 0 Å². The van der Waals surface area contributed by atoms with Gasteiger partial charge in [-0.2, -0.15) is 5.10 Å². The van der Waals surface area contributed by atoms with Gasteiger partial charge in [-0.1, -0.05) is 0 Å². The number of carbonyl (C=O) groups is 1. The summed E-state index contributed by atoms with van der Waals surface area (Å²) >= 11 is 2.21. The number of aromatic nitrogens is 3. The molecule has 2 aromatic heterocycles. The number of fused-ring (bicyclic) bond motifs is 1. The van der Waals surface area contributed by atoms with Crippen molar-refractivity contribution in [3.63, 3.8) is 0 Å². The summed E-state index contributed by atoms with van der Waals surface area (Å²) in [5.74, 6) is 0. The lowest BCUT2D eigenvalue weighted by Crippen LogP contribution is -2.52. The van der Waals surface area contributed by atoms with E-state index in [0.29, 0.717) is 13.1 Å². The van der Waals surface area contributed by atoms with Crippen molar-refractivity contribution in [2.24, 2.45) is 0 Å². The predicted molar refractivity (Wildman–Crippen MR) is 87.1 cm³/mol. The zero-order valence-corrected chi connectivity index (χ0v) is 14.4. The fourth-order valence-electron chi connectivity index (χ4n) is 2.28. The number of carbonyl (C=O) groups excluding carboxylic acids is 1. The van der Waals surface area contributed by atoms with Gasteiger partial charge < -0.3 is 9.64 Å². The average molecular weight is 400 g/mol. The van der Waals surface area contributed by atoms with Gasteiger partial charge in [0, 0.05) is 19.3 Å². The number of hydrogen-bond acceptors (Lipinski definition) is 4. The molecule has 1 fully saturated rings. The highest BCUT2D eigenvalue weighted by molar-refractivity contribution is 14.1. The maximum absolute atomic E-state index is 11.9. The van der Waals surface area contributed by atoms with E-state index in [1.54, 1.807) is 11.1 Å². The molecular formula is C14H17IN4O2. The van der Waals surface area contributed by atoms with Gasteiger partial charge in [-0.15, -0.1) is 0 Å². The van der Waals surface area contributed by atoms with Gasteiger partial charge in [-0.05, 0) is 55.5 Å². The smallest absolute Gasteiger partial charge is 0.410 e. The topological polar surface area (TPSA) is 60.2 Å². The fraction of sp³-hybridized carbons (Fsp3) is 0.500. The monoisotopic (exact) mass is 400 g/mol. The number of ether oxygens (including phenoxy) is 1. The molecule has 3 heterocycles. The first-order chi connectivity index (χ1) is 9.85. The summed E-state index contributed by atoms with van der Waals surface area (Å²) in [7, 11) is 0. The summed E-state index contributed by atoms with van der Waals surface area (Å²) in [6, 6.07) is 4.08. The fourth-order valence-corrected chi connectivity index (χ4v) is 2.93. The second kappa shape index (κ2) is 5.11. The number of amides is 1. The molecule has 1 amide bonds. The second-order valence-corrected chi connectivity index (χ2v) is 7.17. The summed E-state index contributed by atoms with van der Waals surface area (Å²) in [6.07, 6.45) is 1.50. The first kappa shape index (κ1) is 14.6. The molecule has 0 unspecified atom stereocenters. The van der Waals surface area contributed by atoms with E-state index in [0.717, 1.165) is 14.7 Å². The predicted octanol–water partition coefficient (Wildman–Crippen LogP) is 2.83. The van der Waals surface area contributed by atoms with Crippen LogP contribution in [0.25, 0.3) is 11.0 Å². The maximum Gasteiger partial charge on any atom is 0.410 e. The highest BCUT2D eigenvalue weighted by atomic mass is 127. The van der Waals surface area contributed by atoms with E-state index >= 15 is 0 Å². The van der Waals surface area contributed by atoms with E-state index in [-0.39, 0.29) is 12.1 Å². The van der Waals surface area contributed by atoms with Gasteiger partial charge >= 0.3 is 6.09 Å². The van der Waals surface area contributed by atoms with E-state index in [2.05, 4.69) is 32.7 Å². The lowest BCUT2D eigenvalue weighted by molar-refractivity contribution is 0.0000461. The van der Waals surface area contributed by atoms with E-state index in [9.17, 15) is 4.79 Å². The van der Waals surface area contributed by atoms with Gasteiger partial charge in [-0.3, -0.25) is 0 Å². The minimum atomic E-state index is -0.461. The van der Waals surface area contributed by atoms with Crippen LogP contribution >= 0.6 is 22.6 Å². The highest BCUT2D eigenvalue weighted by Crippen LogP contribution is 2.27. The maximum atomic E-state index is 11.9. The van der Waals surface area contributed by atoms with Crippen molar-refractivity contribution in [3.05, 3.63) is 22.0 Å². The standard InChI is InChI=1S/C14H17IN4O2/c1-14(2,3)21-13(20)18-7-9(8-18)19-12-10(11(15)17-19)5-4-6-16-12/h4-6,9H,7-8H2,1-3H3. The molecule has 2 aromatic rings. The molecule has 21 heavy (non-hydrogen) atoms. The zero-order valence-electron chi connectivity index (χ0n) is 12.2. The van der Waals surface area contributed by atoms with Crippen LogP contribution in [0, 0.1) is 3.70 Å². The van der Waals surface area contributed by atoms with Crippen LogP contribution in [0.4, 0.5) is 4.79 Å². The third-order valence-electron chi connectivity index (χ3n) is 3.28. The summed E-state index contributed by atoms with van der Waals surface area (Å²) in [4.78, 5) is 18.0. The first-order valence-electron chi connectivity index (χ1n) is 6.82. The number of rotatable bonds is 1. The third-order valence-corrected chi connectivity index (χ3v) is 4.08. The Labute approximate surface area is 136 Å². The number of pyridine rings is 1. The highest BCUT2D eigenvalue weighted by Gasteiger charge is 2.36. The van der Waals surface area contributed by atoms with Crippen LogP contribution in [0.2, 0.25) is 0 Å². The molecule has 0 aliphatic carbocycles. The summed E-state index contributed by atoms with van der Waals surface area (Å²) in [5.41, 5.74) is 0.410. The molecule has 0 bridgehead atoms. The van der Waals surface area contributed by atoms with E-state index in [1.807, 2.05) is 37.6 Å². The van der Waals surface area contributed by atoms with Crippen molar-refractivity contribution in [2.75, 3.05) is 13.1 Å². The quantitative estimate of drug-likeness (QED) is 0.691. The summed E-state index contributed by atoms with van der Waals surface area (Å²) in [6.45, 7) is 6.83. The van der Waals surface area contributed by atoms with Crippen LogP contribution < -0.4 is 0 Å². The van der Waals surface area contributed by atoms with Crippen molar-refractivity contribution >= 4 is 39.7 Å². The Morgan fingerprint density at radius 3 is 2.81 bits per heavy atom. The Hall–Kier alpha value is -1.38. The van der Waals surface area contributed by atoms with Crippen molar-refractivity contribution in [1.29, 1.82) is 0 Å². The van der Waals surface area contributed by atoms with Gasteiger partial charge in [0.05, 0.1) is 11.4 Å². The van der Waals surface area contributed by atoms with Crippen LogP contribution in [-0.2, 0) is 4.74 Å². The Kier molecular flexibility index (Phi) is 3.54. The molecule has 0 saturated carbocycles. The van der Waals surface area contributed by atoms with Crippen LogP contribution in [-0.4, -0.2) is 44.4 Å². The lowest BCUT2D eigenvalue weighted by atomic mass is 10.1. The van der Waals surface area contributed by atoms with Gasteiger partial charge in [-0.25, -0.2) is 14.5 Å². The zero-order chi connectivity index (χ0) is 15.2. The Bertz CT molecular complexity index is 686. The summed E-state index contributed by atoms with van der Waals surface area (Å²) in [5, 5.41) is 5.59. The molecular weight excluding hydrogens is 383 g/mol. The molecule has 3 rings (SSSR count). The Morgan fingerprint density at radius 1 is 1.43 bits per heavy atom. The average Bonchev–Trinajstić information content (AvgIpc) is 2.64. The Balaban J connectivity index is 1.72. The first-order valence-corrected chi connectivity index (χ1v) is 7.90.